The van der Waals surface area contributed by atoms with Crippen molar-refractivity contribution in [2.75, 3.05) is 46.1 Å². The Morgan fingerprint density at radius 3 is 2.77 bits per heavy atom. The number of fused-ring (bicyclic) bond motifs is 3. The van der Waals surface area contributed by atoms with Crippen LogP contribution in [0.2, 0.25) is 0 Å². The molecule has 3 heterocycles. The van der Waals surface area contributed by atoms with E-state index in [1.807, 2.05) is 36.4 Å². The van der Waals surface area contributed by atoms with Crippen LogP contribution >= 0.6 is 0 Å². The van der Waals surface area contributed by atoms with Crippen LogP contribution in [0.25, 0.3) is 21.7 Å². The first-order valence-electron chi connectivity index (χ1n) is 10.8. The molecular weight excluding hydrogens is 378 g/mol. The monoisotopic (exact) mass is 405 g/mol. The van der Waals surface area contributed by atoms with Crippen molar-refractivity contribution in [3.05, 3.63) is 54.2 Å². The summed E-state index contributed by atoms with van der Waals surface area (Å²) in [6, 6.07) is 14.3. The molecular formula is C24H27N3O3. The smallest absolute Gasteiger partial charge is 0.253 e. The van der Waals surface area contributed by atoms with E-state index in [2.05, 4.69) is 21.3 Å². The first-order chi connectivity index (χ1) is 14.8. The van der Waals surface area contributed by atoms with Crippen LogP contribution in [0.15, 0.2) is 48.7 Å². The molecule has 30 heavy (non-hydrogen) atoms. The van der Waals surface area contributed by atoms with E-state index in [9.17, 15) is 4.79 Å². The number of ether oxygens (including phenoxy) is 2. The molecule has 156 valence electrons. The first kappa shape index (κ1) is 19.4. The quantitative estimate of drug-likeness (QED) is 0.662. The van der Waals surface area contributed by atoms with Gasteiger partial charge in [-0.1, -0.05) is 30.3 Å². The lowest BCUT2D eigenvalue weighted by Crippen LogP contribution is -2.52. The van der Waals surface area contributed by atoms with Gasteiger partial charge < -0.3 is 14.8 Å². The van der Waals surface area contributed by atoms with Gasteiger partial charge in [-0.25, -0.2) is 0 Å². The van der Waals surface area contributed by atoms with E-state index in [0.29, 0.717) is 18.0 Å². The summed E-state index contributed by atoms with van der Waals surface area (Å²) < 4.78 is 11.2. The molecule has 2 fully saturated rings. The lowest BCUT2D eigenvalue weighted by molar-refractivity contribution is 0.00167. The van der Waals surface area contributed by atoms with E-state index in [-0.39, 0.29) is 11.9 Å². The number of hydrogen-bond donors (Lipinski definition) is 1. The Kier molecular flexibility index (Phi) is 5.62. The minimum absolute atomic E-state index is 0.0679. The molecule has 0 aliphatic carbocycles. The van der Waals surface area contributed by atoms with E-state index in [0.717, 1.165) is 67.6 Å². The highest BCUT2D eigenvalue weighted by molar-refractivity contribution is 6.15. The molecule has 3 aromatic rings. The molecule has 1 amide bonds. The Morgan fingerprint density at radius 2 is 1.93 bits per heavy atom. The summed E-state index contributed by atoms with van der Waals surface area (Å²) in [7, 11) is 0. The van der Waals surface area contributed by atoms with E-state index in [4.69, 9.17) is 9.47 Å². The van der Waals surface area contributed by atoms with Crippen LogP contribution in [-0.4, -0.2) is 67.9 Å². The first-order valence-corrected chi connectivity index (χ1v) is 10.8. The van der Waals surface area contributed by atoms with Crippen molar-refractivity contribution in [3.63, 3.8) is 0 Å². The molecule has 6 nitrogen and oxygen atoms in total. The number of nitrogens with zero attached hydrogens (tertiary/aromatic N) is 2. The van der Waals surface area contributed by atoms with Crippen molar-refractivity contribution >= 4 is 27.6 Å². The Labute approximate surface area is 176 Å². The van der Waals surface area contributed by atoms with Crippen LogP contribution in [-0.2, 0) is 9.47 Å². The fourth-order valence-electron chi connectivity index (χ4n) is 4.75. The number of benzene rings is 2. The van der Waals surface area contributed by atoms with Crippen molar-refractivity contribution < 1.29 is 14.3 Å². The standard InChI is InChI=1S/C24H27N3O3/c28-24(26-15-22(18-7-11-30-16-18)27-9-12-29-13-10-27)21-14-17-4-1-2-5-19(17)20-6-3-8-25-23(20)21/h1-6,8,14,18,22H,7,9-13,15-16H2,(H,26,28). The van der Waals surface area contributed by atoms with Crippen LogP contribution < -0.4 is 5.32 Å². The second-order valence-corrected chi connectivity index (χ2v) is 8.09. The van der Waals surface area contributed by atoms with E-state index in [1.54, 1.807) is 6.20 Å². The second kappa shape index (κ2) is 8.68. The predicted molar refractivity (Wildman–Crippen MR) is 117 cm³/mol. The van der Waals surface area contributed by atoms with E-state index in [1.165, 1.54) is 0 Å². The number of amides is 1. The fourth-order valence-corrected chi connectivity index (χ4v) is 4.75. The van der Waals surface area contributed by atoms with Gasteiger partial charge in [-0.3, -0.25) is 14.7 Å². The molecule has 6 heteroatoms. The van der Waals surface area contributed by atoms with Crippen molar-refractivity contribution in [1.82, 2.24) is 15.2 Å². The van der Waals surface area contributed by atoms with Gasteiger partial charge in [-0.15, -0.1) is 0 Å². The van der Waals surface area contributed by atoms with E-state index < -0.39 is 0 Å². The molecule has 0 radical (unpaired) electrons. The summed E-state index contributed by atoms with van der Waals surface area (Å²) in [5, 5.41) is 6.39. The van der Waals surface area contributed by atoms with Crippen molar-refractivity contribution in [1.29, 1.82) is 0 Å². The second-order valence-electron chi connectivity index (χ2n) is 8.09. The zero-order valence-electron chi connectivity index (χ0n) is 17.0. The Morgan fingerprint density at radius 1 is 1.10 bits per heavy atom. The minimum Gasteiger partial charge on any atom is -0.381 e. The van der Waals surface area contributed by atoms with Crippen LogP contribution in [0.3, 0.4) is 0 Å². The third kappa shape index (κ3) is 3.78. The summed E-state index contributed by atoms with van der Waals surface area (Å²) in [4.78, 5) is 20.3. The van der Waals surface area contributed by atoms with Crippen LogP contribution in [0.1, 0.15) is 16.8 Å². The topological polar surface area (TPSA) is 63.7 Å². The molecule has 2 atom stereocenters. The maximum absolute atomic E-state index is 13.3. The summed E-state index contributed by atoms with van der Waals surface area (Å²) in [6.45, 7) is 5.47. The largest absolute Gasteiger partial charge is 0.381 e. The lowest BCUT2D eigenvalue weighted by atomic mass is 9.96. The summed E-state index contributed by atoms with van der Waals surface area (Å²) in [5.74, 6) is 0.372. The summed E-state index contributed by atoms with van der Waals surface area (Å²) in [5.41, 5.74) is 1.38. The molecule has 1 N–H and O–H groups in total. The van der Waals surface area contributed by atoms with Gasteiger partial charge in [0.1, 0.15) is 0 Å². The van der Waals surface area contributed by atoms with Crippen molar-refractivity contribution in [2.24, 2.45) is 5.92 Å². The van der Waals surface area contributed by atoms with Gasteiger partial charge in [-0.2, -0.15) is 0 Å². The highest BCUT2D eigenvalue weighted by atomic mass is 16.5. The maximum Gasteiger partial charge on any atom is 0.253 e. The Bertz CT molecular complexity index is 1040. The van der Waals surface area contributed by atoms with Crippen LogP contribution in [0.5, 0.6) is 0 Å². The average Bonchev–Trinajstić information content (AvgIpc) is 3.34. The van der Waals surface area contributed by atoms with Gasteiger partial charge in [-0.05, 0) is 29.3 Å². The van der Waals surface area contributed by atoms with Crippen molar-refractivity contribution in [2.45, 2.75) is 12.5 Å². The molecule has 2 aliphatic heterocycles. The zero-order chi connectivity index (χ0) is 20.3. The third-order valence-corrected chi connectivity index (χ3v) is 6.35. The zero-order valence-corrected chi connectivity index (χ0v) is 17.0. The van der Waals surface area contributed by atoms with Crippen molar-refractivity contribution in [3.8, 4) is 0 Å². The number of rotatable bonds is 5. The SMILES string of the molecule is O=C(NCC(C1CCOC1)N1CCOCC1)c1cc2ccccc2c2cccnc12. The van der Waals surface area contributed by atoms with Gasteiger partial charge in [0.25, 0.3) is 5.91 Å². The molecule has 1 aromatic heterocycles. The van der Waals surface area contributed by atoms with Gasteiger partial charge in [0.2, 0.25) is 0 Å². The average molecular weight is 405 g/mol. The number of morpholine rings is 1. The number of aromatic nitrogens is 1. The summed E-state index contributed by atoms with van der Waals surface area (Å²) >= 11 is 0. The highest BCUT2D eigenvalue weighted by Crippen LogP contribution is 2.27. The molecule has 0 bridgehead atoms. The molecule has 0 spiro atoms. The van der Waals surface area contributed by atoms with E-state index >= 15 is 0 Å². The van der Waals surface area contributed by atoms with Crippen LogP contribution in [0.4, 0.5) is 0 Å². The lowest BCUT2D eigenvalue weighted by Gasteiger charge is -2.37. The minimum atomic E-state index is -0.0679. The molecule has 5 rings (SSSR count). The van der Waals surface area contributed by atoms with Gasteiger partial charge >= 0.3 is 0 Å². The maximum atomic E-state index is 13.3. The molecule has 2 unspecified atom stereocenters. The van der Waals surface area contributed by atoms with Gasteiger partial charge in [0, 0.05) is 49.8 Å². The normalized spacial score (nSPS) is 21.1. The number of pyridine rings is 1. The molecule has 2 aliphatic rings. The third-order valence-electron chi connectivity index (χ3n) is 6.35. The Balaban J connectivity index is 1.41. The number of carbonyl (C=O) groups excluding carboxylic acids is 1. The Hall–Kier alpha value is -2.54. The fraction of sp³-hybridized carbons (Fsp3) is 0.417. The number of carbonyl (C=O) groups is 1. The van der Waals surface area contributed by atoms with Gasteiger partial charge in [0.05, 0.1) is 30.9 Å². The molecule has 2 aromatic carbocycles. The molecule has 0 saturated carbocycles. The number of hydrogen-bond acceptors (Lipinski definition) is 5. The summed E-state index contributed by atoms with van der Waals surface area (Å²) in [6.07, 6.45) is 2.79. The predicted octanol–water partition coefficient (Wildman–Crippen LogP) is 2.86. The molecule has 2 saturated heterocycles. The van der Waals surface area contributed by atoms with Gasteiger partial charge in [0.15, 0.2) is 0 Å². The number of nitrogens with one attached hydrogen (secondary N) is 1. The highest BCUT2D eigenvalue weighted by Gasteiger charge is 2.32. The van der Waals surface area contributed by atoms with Crippen LogP contribution in [0, 0.1) is 5.92 Å².